The van der Waals surface area contributed by atoms with Gasteiger partial charge in [-0.15, -0.1) is 0 Å². The van der Waals surface area contributed by atoms with Crippen molar-refractivity contribution in [3.8, 4) is 5.75 Å². The number of benzene rings is 1. The van der Waals surface area contributed by atoms with E-state index in [0.717, 1.165) is 9.94 Å². The summed E-state index contributed by atoms with van der Waals surface area (Å²) in [6.07, 6.45) is 4.80. The molecular weight excluding hydrogens is 321 g/mol. The summed E-state index contributed by atoms with van der Waals surface area (Å²) < 4.78 is 0.758. The maximum atomic E-state index is 9.79. The second-order valence-electron chi connectivity index (χ2n) is 3.93. The fourth-order valence-electron chi connectivity index (χ4n) is 1.44. The van der Waals surface area contributed by atoms with E-state index in [1.165, 1.54) is 6.21 Å². The Bertz CT molecular complexity index is 632. The van der Waals surface area contributed by atoms with E-state index in [1.807, 2.05) is 14.1 Å². The van der Waals surface area contributed by atoms with E-state index in [0.29, 0.717) is 11.5 Å². The molecule has 2 rings (SSSR count). The molecule has 2 aromatic rings. The van der Waals surface area contributed by atoms with Crippen molar-refractivity contribution in [1.29, 1.82) is 0 Å². The van der Waals surface area contributed by atoms with Crippen molar-refractivity contribution in [2.45, 2.75) is 6.82 Å². The van der Waals surface area contributed by atoms with Gasteiger partial charge < -0.3 is 10.8 Å². The average Bonchev–Trinajstić information content (AvgIpc) is 2.44. The van der Waals surface area contributed by atoms with Crippen LogP contribution in [0.4, 0.5) is 11.6 Å². The molecular formula is C12H12BBrN5O. The minimum absolute atomic E-state index is 0.0180. The van der Waals surface area contributed by atoms with E-state index < -0.39 is 0 Å². The molecule has 0 amide bonds. The molecule has 0 aliphatic rings. The number of nitrogen functional groups attached to an aromatic ring is 1. The van der Waals surface area contributed by atoms with Gasteiger partial charge in [-0.1, -0.05) is 28.2 Å². The molecule has 1 radical (unpaired) electrons. The van der Waals surface area contributed by atoms with Gasteiger partial charge in [0.2, 0.25) is 5.95 Å². The summed E-state index contributed by atoms with van der Waals surface area (Å²) in [5.74, 6) is 0.352. The lowest BCUT2D eigenvalue weighted by molar-refractivity contribution is 0.477. The molecule has 0 aliphatic carbocycles. The largest absolute Gasteiger partial charge is 0.505 e. The molecule has 1 aromatic carbocycles. The highest BCUT2D eigenvalue weighted by molar-refractivity contribution is 9.10. The predicted molar refractivity (Wildman–Crippen MR) is 84.7 cm³/mol. The number of rotatable bonds is 4. The predicted octanol–water partition coefficient (Wildman–Crippen LogP) is 1.35. The summed E-state index contributed by atoms with van der Waals surface area (Å²) in [5, 5.41) is 13.8. The molecule has 101 valence electrons. The van der Waals surface area contributed by atoms with Crippen LogP contribution in [0.1, 0.15) is 5.56 Å². The molecule has 0 unspecified atom stereocenters. The van der Waals surface area contributed by atoms with E-state index >= 15 is 0 Å². The van der Waals surface area contributed by atoms with E-state index in [-0.39, 0.29) is 11.4 Å². The van der Waals surface area contributed by atoms with Crippen LogP contribution in [0.2, 0.25) is 6.82 Å². The van der Waals surface area contributed by atoms with E-state index in [2.05, 4.69) is 36.4 Å². The second kappa shape index (κ2) is 6.38. The molecule has 0 saturated carbocycles. The third-order valence-corrected chi connectivity index (χ3v) is 2.96. The van der Waals surface area contributed by atoms with Gasteiger partial charge in [0.15, 0.2) is 7.28 Å². The highest BCUT2D eigenvalue weighted by atomic mass is 79.9. The van der Waals surface area contributed by atoms with Gasteiger partial charge in [-0.05, 0) is 12.1 Å². The molecule has 6 nitrogen and oxygen atoms in total. The highest BCUT2D eigenvalue weighted by Gasteiger charge is 2.04. The first-order valence-electron chi connectivity index (χ1n) is 5.78. The van der Waals surface area contributed by atoms with Crippen molar-refractivity contribution in [1.82, 2.24) is 9.97 Å². The van der Waals surface area contributed by atoms with Crippen LogP contribution in [-0.4, -0.2) is 28.6 Å². The summed E-state index contributed by atoms with van der Waals surface area (Å²) in [4.78, 5) is 8.15. The first kappa shape index (κ1) is 14.3. The maximum absolute atomic E-state index is 9.79. The third kappa shape index (κ3) is 3.48. The van der Waals surface area contributed by atoms with Crippen LogP contribution < -0.4 is 16.6 Å². The number of hydrazone groups is 1. The quantitative estimate of drug-likeness (QED) is 0.258. The van der Waals surface area contributed by atoms with Crippen molar-refractivity contribution in [2.24, 2.45) is 5.10 Å². The van der Waals surface area contributed by atoms with Crippen molar-refractivity contribution in [2.75, 3.05) is 11.2 Å². The maximum Gasteiger partial charge on any atom is 0.243 e. The number of aromatic hydroxyl groups is 1. The first-order chi connectivity index (χ1) is 9.60. The molecule has 0 saturated heterocycles. The Kier molecular flexibility index (Phi) is 4.57. The molecule has 0 atom stereocenters. The van der Waals surface area contributed by atoms with Crippen LogP contribution in [0.25, 0.3) is 0 Å². The zero-order chi connectivity index (χ0) is 14.5. The van der Waals surface area contributed by atoms with Crippen molar-refractivity contribution < 1.29 is 5.11 Å². The van der Waals surface area contributed by atoms with Gasteiger partial charge in [0.1, 0.15) is 5.75 Å². The number of nitrogens with zero attached hydrogens (tertiary/aromatic N) is 3. The third-order valence-electron chi connectivity index (χ3n) is 2.51. The van der Waals surface area contributed by atoms with Crippen LogP contribution in [0, 0.1) is 0 Å². The second-order valence-corrected chi connectivity index (χ2v) is 4.85. The van der Waals surface area contributed by atoms with Crippen LogP contribution in [0.3, 0.4) is 0 Å². The summed E-state index contributed by atoms with van der Waals surface area (Å²) in [5.41, 5.74) is 10.0. The Hall–Kier alpha value is -2.09. The van der Waals surface area contributed by atoms with Crippen LogP contribution in [0.15, 0.2) is 34.1 Å². The molecule has 1 heterocycles. The standard InChI is InChI=1S/C12H12BBrN5O/c1-13-8-5-16-12(17-6-8)19-18-4-7-2-9(14)3-10(15)11(7)20/h2-6,20H,15H2,1H3,(H,16,17,19)/b18-4+. The zero-order valence-corrected chi connectivity index (χ0v) is 12.3. The Balaban J connectivity index is 2.09. The number of aromatic nitrogens is 2. The summed E-state index contributed by atoms with van der Waals surface area (Å²) in [7, 11) is 1.90. The van der Waals surface area contributed by atoms with E-state index in [1.54, 1.807) is 24.5 Å². The van der Waals surface area contributed by atoms with Gasteiger partial charge in [-0.25, -0.2) is 15.4 Å². The van der Waals surface area contributed by atoms with E-state index in [4.69, 9.17) is 5.73 Å². The number of anilines is 2. The SMILES string of the molecule is C[B]c1cnc(N/N=C/c2cc(Br)cc(N)c2O)nc1. The summed E-state index contributed by atoms with van der Waals surface area (Å²) in [6, 6.07) is 3.32. The highest BCUT2D eigenvalue weighted by Crippen LogP contribution is 2.28. The molecule has 0 bridgehead atoms. The van der Waals surface area contributed by atoms with Gasteiger partial charge in [0, 0.05) is 22.4 Å². The lowest BCUT2D eigenvalue weighted by Gasteiger charge is -2.04. The number of halogens is 1. The number of hydrogen-bond donors (Lipinski definition) is 3. The lowest BCUT2D eigenvalue weighted by atomic mass is 9.75. The van der Waals surface area contributed by atoms with Crippen LogP contribution in [0.5, 0.6) is 5.75 Å². The fourth-order valence-corrected chi connectivity index (χ4v) is 1.94. The Labute approximate surface area is 125 Å². The van der Waals surface area contributed by atoms with Crippen LogP contribution in [-0.2, 0) is 0 Å². The topological polar surface area (TPSA) is 96.4 Å². The molecule has 20 heavy (non-hydrogen) atoms. The smallest absolute Gasteiger partial charge is 0.243 e. The Morgan fingerprint density at radius 3 is 2.75 bits per heavy atom. The van der Waals surface area contributed by atoms with Crippen molar-refractivity contribution in [3.05, 3.63) is 34.6 Å². The first-order valence-corrected chi connectivity index (χ1v) is 6.58. The number of phenolic OH excluding ortho intramolecular Hbond substituents is 1. The van der Waals surface area contributed by atoms with Crippen molar-refractivity contribution in [3.63, 3.8) is 0 Å². The van der Waals surface area contributed by atoms with Gasteiger partial charge in [-0.3, -0.25) is 0 Å². The van der Waals surface area contributed by atoms with Crippen LogP contribution >= 0.6 is 15.9 Å². The number of nitrogens with two attached hydrogens (primary N) is 1. The van der Waals surface area contributed by atoms with Gasteiger partial charge in [0.25, 0.3) is 0 Å². The molecule has 0 aliphatic heterocycles. The normalized spacial score (nSPS) is 10.7. The Morgan fingerprint density at radius 2 is 2.10 bits per heavy atom. The molecule has 4 N–H and O–H groups in total. The van der Waals surface area contributed by atoms with E-state index in [9.17, 15) is 5.11 Å². The fraction of sp³-hybridized carbons (Fsp3) is 0.0833. The molecule has 0 fully saturated rings. The minimum atomic E-state index is -0.0180. The van der Waals surface area contributed by atoms with Gasteiger partial charge >= 0.3 is 0 Å². The number of phenols is 1. The lowest BCUT2D eigenvalue weighted by Crippen LogP contribution is -2.13. The molecule has 8 heteroatoms. The summed E-state index contributed by atoms with van der Waals surface area (Å²) >= 11 is 3.30. The Morgan fingerprint density at radius 1 is 1.40 bits per heavy atom. The minimum Gasteiger partial charge on any atom is -0.505 e. The van der Waals surface area contributed by atoms with Crippen molar-refractivity contribution >= 4 is 46.5 Å². The van der Waals surface area contributed by atoms with Gasteiger partial charge in [0.05, 0.1) is 11.9 Å². The number of nitrogens with one attached hydrogen (secondary N) is 1. The zero-order valence-electron chi connectivity index (χ0n) is 10.7. The number of hydrogen-bond acceptors (Lipinski definition) is 6. The van der Waals surface area contributed by atoms with Gasteiger partial charge in [-0.2, -0.15) is 5.10 Å². The summed E-state index contributed by atoms with van der Waals surface area (Å²) in [6.45, 7) is 1.91. The molecule has 0 spiro atoms. The molecule has 1 aromatic heterocycles. The average molecular weight is 333 g/mol. The monoisotopic (exact) mass is 332 g/mol.